The van der Waals surface area contributed by atoms with Crippen molar-refractivity contribution in [3.8, 4) is 0 Å². The van der Waals surface area contributed by atoms with Gasteiger partial charge in [-0.15, -0.1) is 0 Å². The van der Waals surface area contributed by atoms with Gasteiger partial charge < -0.3 is 20.3 Å². The van der Waals surface area contributed by atoms with Crippen LogP contribution in [0.15, 0.2) is 49.0 Å². The molecule has 2 N–H and O–H groups in total. The number of nitrogens with zero attached hydrogens (tertiary/aromatic N) is 1. The van der Waals surface area contributed by atoms with Crippen LogP contribution in [0.2, 0.25) is 5.02 Å². The van der Waals surface area contributed by atoms with E-state index in [9.17, 15) is 14.4 Å². The number of carbonyl (C=O) groups is 3. The van der Waals surface area contributed by atoms with Gasteiger partial charge in [0.1, 0.15) is 17.7 Å². The molecule has 0 aromatic heterocycles. The maximum Gasteiger partial charge on any atom is 0.408 e. The molecular formula is C30H38ClN3O4S. The Morgan fingerprint density at radius 1 is 1.21 bits per heavy atom. The summed E-state index contributed by atoms with van der Waals surface area (Å²) >= 11 is 8.01. The topological polar surface area (TPSA) is 87.7 Å². The summed E-state index contributed by atoms with van der Waals surface area (Å²) in [7, 11) is 0. The third-order valence-corrected chi connectivity index (χ3v) is 7.21. The van der Waals surface area contributed by atoms with Gasteiger partial charge in [0, 0.05) is 6.04 Å². The number of amides is 3. The van der Waals surface area contributed by atoms with Crippen molar-refractivity contribution in [3.05, 3.63) is 70.8 Å². The van der Waals surface area contributed by atoms with Crippen LogP contribution >= 0.6 is 23.4 Å². The average molecular weight is 572 g/mol. The van der Waals surface area contributed by atoms with E-state index in [2.05, 4.69) is 17.2 Å². The molecule has 2 unspecified atom stereocenters. The van der Waals surface area contributed by atoms with E-state index in [1.54, 1.807) is 49.6 Å². The molecule has 2 aromatic rings. The highest BCUT2D eigenvalue weighted by atomic mass is 35.5. The molecule has 0 spiro atoms. The van der Waals surface area contributed by atoms with E-state index >= 15 is 0 Å². The number of benzene rings is 2. The number of halogens is 1. The van der Waals surface area contributed by atoms with Gasteiger partial charge in [0.05, 0.1) is 10.7 Å². The predicted octanol–water partition coefficient (Wildman–Crippen LogP) is 6.61. The van der Waals surface area contributed by atoms with E-state index < -0.39 is 23.8 Å². The second-order valence-corrected chi connectivity index (χ2v) is 12.0. The van der Waals surface area contributed by atoms with Gasteiger partial charge in [-0.3, -0.25) is 9.59 Å². The fraction of sp³-hybridized carbons (Fsp3) is 0.433. The molecule has 1 fully saturated rings. The van der Waals surface area contributed by atoms with E-state index in [1.807, 2.05) is 49.6 Å². The standard InChI is InChI=1S/C30H38ClN3O4S/c1-7-20-11-9-12-21(18-20)26(27(35)33-25-19(2)10-8-13-23(25)31)34(22-14-15-22)28(36)24(16-17-39-6)32-29(37)38-30(3,4)5/h7-13,18,22,24,26H,1,14-17H2,2-6H3,(H,32,37)(H,33,35). The van der Waals surface area contributed by atoms with E-state index in [4.69, 9.17) is 16.3 Å². The van der Waals surface area contributed by atoms with Gasteiger partial charge in [0.15, 0.2) is 0 Å². The minimum atomic E-state index is -0.946. The van der Waals surface area contributed by atoms with Crippen LogP contribution in [0.5, 0.6) is 0 Å². The number of hydrogen-bond acceptors (Lipinski definition) is 5. The fourth-order valence-corrected chi connectivity index (χ4v) is 5.01. The number of hydrogen-bond donors (Lipinski definition) is 2. The maximum absolute atomic E-state index is 14.2. The predicted molar refractivity (Wildman–Crippen MR) is 160 cm³/mol. The Morgan fingerprint density at radius 3 is 2.49 bits per heavy atom. The van der Waals surface area contributed by atoms with Gasteiger partial charge in [0.2, 0.25) is 5.91 Å². The Bertz CT molecular complexity index is 1190. The minimum Gasteiger partial charge on any atom is -0.444 e. The number of anilines is 1. The largest absolute Gasteiger partial charge is 0.444 e. The Kier molecular flexibility index (Phi) is 10.5. The van der Waals surface area contributed by atoms with Gasteiger partial charge in [-0.05, 0) is 87.8 Å². The second-order valence-electron chi connectivity index (χ2n) is 10.7. The quantitative estimate of drug-likeness (QED) is 0.317. The second kappa shape index (κ2) is 13.4. The highest BCUT2D eigenvalue weighted by Crippen LogP contribution is 2.37. The van der Waals surface area contributed by atoms with Gasteiger partial charge in [-0.2, -0.15) is 11.8 Å². The summed E-state index contributed by atoms with van der Waals surface area (Å²) in [5.74, 6) is -0.0576. The Hall–Kier alpha value is -2.97. The molecular weight excluding hydrogens is 534 g/mol. The van der Waals surface area contributed by atoms with Crippen molar-refractivity contribution in [2.45, 2.75) is 70.7 Å². The zero-order valence-corrected chi connectivity index (χ0v) is 24.8. The number of rotatable bonds is 11. The van der Waals surface area contributed by atoms with Crippen molar-refractivity contribution in [2.24, 2.45) is 0 Å². The highest BCUT2D eigenvalue weighted by molar-refractivity contribution is 7.98. The Morgan fingerprint density at radius 2 is 1.90 bits per heavy atom. The Labute approximate surface area is 240 Å². The van der Waals surface area contributed by atoms with Gasteiger partial charge in [-0.1, -0.05) is 54.6 Å². The van der Waals surface area contributed by atoms with E-state index in [-0.39, 0.29) is 17.9 Å². The zero-order valence-electron chi connectivity index (χ0n) is 23.3. The monoisotopic (exact) mass is 571 g/mol. The number of para-hydroxylation sites is 1. The number of alkyl carbamates (subject to hydrolysis) is 1. The number of aryl methyl sites for hydroxylation is 1. The van der Waals surface area contributed by atoms with Crippen molar-refractivity contribution in [3.63, 3.8) is 0 Å². The molecule has 9 heteroatoms. The molecule has 1 aliphatic rings. The number of carbonyl (C=O) groups excluding carboxylic acids is 3. The van der Waals surface area contributed by atoms with E-state index in [0.717, 1.165) is 24.0 Å². The first-order chi connectivity index (χ1) is 18.4. The van der Waals surface area contributed by atoms with Crippen LogP contribution in [0, 0.1) is 6.92 Å². The third-order valence-electron chi connectivity index (χ3n) is 6.25. The molecule has 210 valence electrons. The fourth-order valence-electron chi connectivity index (χ4n) is 4.27. The third kappa shape index (κ3) is 8.51. The first kappa shape index (κ1) is 30.6. The molecule has 2 atom stereocenters. The average Bonchev–Trinajstić information content (AvgIpc) is 3.71. The molecule has 0 aliphatic heterocycles. The number of nitrogens with one attached hydrogen (secondary N) is 2. The maximum atomic E-state index is 14.2. The molecule has 2 aromatic carbocycles. The smallest absolute Gasteiger partial charge is 0.408 e. The summed E-state index contributed by atoms with van der Waals surface area (Å²) in [6.07, 6.45) is 4.90. The summed E-state index contributed by atoms with van der Waals surface area (Å²) in [4.78, 5) is 42.6. The van der Waals surface area contributed by atoms with Crippen molar-refractivity contribution in [1.82, 2.24) is 10.2 Å². The first-order valence-electron chi connectivity index (χ1n) is 13.0. The lowest BCUT2D eigenvalue weighted by Crippen LogP contribution is -2.53. The summed E-state index contributed by atoms with van der Waals surface area (Å²) in [5.41, 5.74) is 2.07. The van der Waals surface area contributed by atoms with Crippen molar-refractivity contribution in [2.75, 3.05) is 17.3 Å². The van der Waals surface area contributed by atoms with E-state index in [0.29, 0.717) is 28.4 Å². The SMILES string of the molecule is C=Cc1cccc(C(C(=O)Nc2c(C)cccc2Cl)N(C(=O)C(CCSC)NC(=O)OC(C)(C)C)C2CC2)c1. The van der Waals surface area contributed by atoms with Crippen LogP contribution in [0.25, 0.3) is 6.08 Å². The summed E-state index contributed by atoms with van der Waals surface area (Å²) in [6.45, 7) is 11.0. The minimum absolute atomic E-state index is 0.134. The molecule has 0 bridgehead atoms. The van der Waals surface area contributed by atoms with Crippen LogP contribution in [-0.4, -0.2) is 52.5 Å². The van der Waals surface area contributed by atoms with Crippen molar-refractivity contribution < 1.29 is 19.1 Å². The lowest BCUT2D eigenvalue weighted by molar-refractivity contribution is -0.141. The van der Waals surface area contributed by atoms with Crippen molar-refractivity contribution >= 4 is 53.0 Å². The Balaban J connectivity index is 2.03. The number of ether oxygens (including phenoxy) is 1. The van der Waals surface area contributed by atoms with Gasteiger partial charge in [0.25, 0.3) is 5.91 Å². The lowest BCUT2D eigenvalue weighted by Gasteiger charge is -2.35. The molecule has 39 heavy (non-hydrogen) atoms. The van der Waals surface area contributed by atoms with Gasteiger partial charge in [-0.25, -0.2) is 4.79 Å². The van der Waals surface area contributed by atoms with Crippen LogP contribution in [0.4, 0.5) is 10.5 Å². The van der Waals surface area contributed by atoms with Crippen molar-refractivity contribution in [1.29, 1.82) is 0 Å². The summed E-state index contributed by atoms with van der Waals surface area (Å²) in [5, 5.41) is 6.16. The normalized spacial score (nSPS) is 14.6. The molecule has 0 heterocycles. The van der Waals surface area contributed by atoms with E-state index in [1.165, 1.54) is 0 Å². The van der Waals surface area contributed by atoms with Crippen LogP contribution in [0.1, 0.15) is 62.8 Å². The molecule has 0 saturated heterocycles. The van der Waals surface area contributed by atoms with Crippen LogP contribution < -0.4 is 10.6 Å². The molecule has 3 rings (SSSR count). The zero-order chi connectivity index (χ0) is 28.7. The molecule has 1 saturated carbocycles. The summed E-state index contributed by atoms with van der Waals surface area (Å²) < 4.78 is 5.45. The first-order valence-corrected chi connectivity index (χ1v) is 14.8. The highest BCUT2D eigenvalue weighted by Gasteiger charge is 2.44. The van der Waals surface area contributed by atoms with Crippen LogP contribution in [0.3, 0.4) is 0 Å². The van der Waals surface area contributed by atoms with Crippen LogP contribution in [-0.2, 0) is 14.3 Å². The van der Waals surface area contributed by atoms with Gasteiger partial charge >= 0.3 is 6.09 Å². The molecule has 0 radical (unpaired) electrons. The molecule has 7 nitrogen and oxygen atoms in total. The summed E-state index contributed by atoms with van der Waals surface area (Å²) in [6, 6.07) is 10.9. The number of thioether (sulfide) groups is 1. The lowest BCUT2D eigenvalue weighted by atomic mass is 9.99. The molecule has 1 aliphatic carbocycles. The molecule has 3 amide bonds.